The Morgan fingerprint density at radius 1 is 1.12 bits per heavy atom. The molecule has 0 spiro atoms. The van der Waals surface area contributed by atoms with Crippen molar-refractivity contribution >= 4 is 39.0 Å². The zero-order valence-electron chi connectivity index (χ0n) is 16.2. The molecule has 0 bridgehead atoms. The first-order chi connectivity index (χ1) is 15.2. The number of esters is 1. The van der Waals surface area contributed by atoms with Crippen LogP contribution in [0, 0.1) is 21.4 Å². The van der Waals surface area contributed by atoms with E-state index in [0.29, 0.717) is 11.1 Å². The number of halogens is 1. The van der Waals surface area contributed by atoms with Crippen LogP contribution in [-0.2, 0) is 21.4 Å². The normalized spacial score (nSPS) is 10.8. The number of nitro groups is 1. The van der Waals surface area contributed by atoms with E-state index in [4.69, 9.17) is 21.6 Å². The summed E-state index contributed by atoms with van der Waals surface area (Å²) in [6, 6.07) is 17.2. The number of nitriles is 1. The second-order valence-corrected chi connectivity index (χ2v) is 8.47. The van der Waals surface area contributed by atoms with Crippen LogP contribution in [0.2, 0.25) is 5.02 Å². The quantitative estimate of drug-likeness (QED) is 0.308. The number of para-hydroxylation sites is 1. The summed E-state index contributed by atoms with van der Waals surface area (Å²) in [5.74, 6) is -0.794. The summed E-state index contributed by atoms with van der Waals surface area (Å²) in [6.07, 6.45) is 0. The topological polar surface area (TPSA) is 139 Å². The summed E-state index contributed by atoms with van der Waals surface area (Å²) in [5, 5.41) is 19.6. The van der Waals surface area contributed by atoms with E-state index >= 15 is 0 Å². The molecule has 9 nitrogen and oxygen atoms in total. The zero-order valence-corrected chi connectivity index (χ0v) is 17.8. The molecule has 0 aromatic heterocycles. The maximum absolute atomic E-state index is 12.8. The minimum absolute atomic E-state index is 0.0636. The van der Waals surface area contributed by atoms with Gasteiger partial charge < -0.3 is 4.74 Å². The van der Waals surface area contributed by atoms with Crippen LogP contribution in [0.3, 0.4) is 0 Å². The van der Waals surface area contributed by atoms with Crippen molar-refractivity contribution in [2.75, 3.05) is 4.72 Å². The summed E-state index contributed by atoms with van der Waals surface area (Å²) < 4.78 is 33.1. The first kappa shape index (κ1) is 22.7. The third-order valence-corrected chi connectivity index (χ3v) is 6.11. The molecule has 0 aliphatic carbocycles. The highest BCUT2D eigenvalue weighted by Gasteiger charge is 2.24. The standard InChI is InChI=1S/C21H14ClN3O6S/c22-18-10-9-16(25(27)28)11-20(18)32(29,30)24-19-4-2-1-3-17(19)21(26)31-13-15-7-5-14(12-23)6-8-15/h1-11,24H,13H2. The molecule has 32 heavy (non-hydrogen) atoms. The number of hydrogen-bond acceptors (Lipinski definition) is 7. The van der Waals surface area contributed by atoms with Crippen molar-refractivity contribution in [3.63, 3.8) is 0 Å². The van der Waals surface area contributed by atoms with Gasteiger partial charge in [-0.05, 0) is 35.9 Å². The summed E-state index contributed by atoms with van der Waals surface area (Å²) in [6.45, 7) is -0.0949. The van der Waals surface area contributed by atoms with Gasteiger partial charge in [0.05, 0.1) is 32.8 Å². The van der Waals surface area contributed by atoms with Gasteiger partial charge in [0.15, 0.2) is 0 Å². The molecule has 162 valence electrons. The van der Waals surface area contributed by atoms with Crippen LogP contribution in [0.25, 0.3) is 0 Å². The van der Waals surface area contributed by atoms with E-state index in [1.807, 2.05) is 6.07 Å². The molecular formula is C21H14ClN3O6S. The van der Waals surface area contributed by atoms with Gasteiger partial charge in [-0.1, -0.05) is 35.9 Å². The molecular weight excluding hydrogens is 458 g/mol. The number of nitro benzene ring substituents is 1. The second-order valence-electron chi connectivity index (χ2n) is 6.41. The van der Waals surface area contributed by atoms with Gasteiger partial charge in [-0.2, -0.15) is 5.26 Å². The first-order valence-corrected chi connectivity index (χ1v) is 10.8. The van der Waals surface area contributed by atoms with Crippen LogP contribution in [-0.4, -0.2) is 19.3 Å². The minimum Gasteiger partial charge on any atom is -0.457 e. The molecule has 0 aliphatic heterocycles. The highest BCUT2D eigenvalue weighted by Crippen LogP contribution is 2.29. The molecule has 0 atom stereocenters. The maximum atomic E-state index is 12.8. The van der Waals surface area contributed by atoms with Crippen molar-refractivity contribution in [3.8, 4) is 6.07 Å². The number of rotatable bonds is 7. The number of non-ortho nitro benzene ring substituents is 1. The summed E-state index contributed by atoms with van der Waals surface area (Å²) in [7, 11) is -4.36. The Morgan fingerprint density at radius 2 is 1.81 bits per heavy atom. The summed E-state index contributed by atoms with van der Waals surface area (Å²) in [5.41, 5.74) is 0.495. The van der Waals surface area contributed by atoms with Crippen molar-refractivity contribution in [2.24, 2.45) is 0 Å². The molecule has 1 N–H and O–H groups in total. The van der Waals surface area contributed by atoms with E-state index in [-0.39, 0.29) is 22.9 Å². The van der Waals surface area contributed by atoms with E-state index in [2.05, 4.69) is 4.72 Å². The lowest BCUT2D eigenvalue weighted by Gasteiger charge is -2.13. The number of benzene rings is 3. The van der Waals surface area contributed by atoms with Gasteiger partial charge in [0.1, 0.15) is 11.5 Å². The molecule has 0 saturated carbocycles. The van der Waals surface area contributed by atoms with E-state index in [1.165, 1.54) is 24.3 Å². The monoisotopic (exact) mass is 471 g/mol. The zero-order chi connectivity index (χ0) is 23.3. The fourth-order valence-corrected chi connectivity index (χ4v) is 4.26. The number of carbonyl (C=O) groups excluding carboxylic acids is 1. The Balaban J connectivity index is 1.83. The van der Waals surface area contributed by atoms with Crippen molar-refractivity contribution in [1.29, 1.82) is 5.26 Å². The molecule has 3 rings (SSSR count). The Morgan fingerprint density at radius 3 is 2.47 bits per heavy atom. The van der Waals surface area contributed by atoms with Crippen LogP contribution in [0.5, 0.6) is 0 Å². The van der Waals surface area contributed by atoms with E-state index in [1.54, 1.807) is 24.3 Å². The van der Waals surface area contributed by atoms with Crippen molar-refractivity contribution in [1.82, 2.24) is 0 Å². The van der Waals surface area contributed by atoms with Gasteiger partial charge >= 0.3 is 5.97 Å². The Kier molecular flexibility index (Phi) is 6.73. The smallest absolute Gasteiger partial charge is 0.340 e. The molecule has 0 radical (unpaired) electrons. The third kappa shape index (κ3) is 5.21. The minimum atomic E-state index is -4.36. The van der Waals surface area contributed by atoms with Gasteiger partial charge in [-0.15, -0.1) is 0 Å². The lowest BCUT2D eigenvalue weighted by atomic mass is 10.1. The summed E-state index contributed by atoms with van der Waals surface area (Å²) in [4.78, 5) is 22.3. The highest BCUT2D eigenvalue weighted by molar-refractivity contribution is 7.92. The lowest BCUT2D eigenvalue weighted by molar-refractivity contribution is -0.385. The summed E-state index contributed by atoms with van der Waals surface area (Å²) >= 11 is 5.94. The maximum Gasteiger partial charge on any atom is 0.340 e. The van der Waals surface area contributed by atoms with Gasteiger partial charge in [-0.25, -0.2) is 13.2 Å². The Bertz CT molecular complexity index is 1330. The Hall–Kier alpha value is -3.94. The largest absolute Gasteiger partial charge is 0.457 e. The second kappa shape index (κ2) is 9.47. The molecule has 0 saturated heterocycles. The molecule has 0 unspecified atom stereocenters. The van der Waals surface area contributed by atoms with Gasteiger partial charge in [0, 0.05) is 12.1 Å². The average Bonchev–Trinajstić information content (AvgIpc) is 2.78. The fraction of sp³-hybridized carbons (Fsp3) is 0.0476. The highest BCUT2D eigenvalue weighted by atomic mass is 35.5. The van der Waals surface area contributed by atoms with Crippen molar-refractivity contribution < 1.29 is 22.9 Å². The van der Waals surface area contributed by atoms with E-state index in [0.717, 1.165) is 18.2 Å². The number of nitrogens with one attached hydrogen (secondary N) is 1. The van der Waals surface area contributed by atoms with Crippen LogP contribution >= 0.6 is 11.6 Å². The van der Waals surface area contributed by atoms with Gasteiger partial charge in [0.25, 0.3) is 15.7 Å². The molecule has 0 heterocycles. The third-order valence-electron chi connectivity index (χ3n) is 4.26. The molecule has 3 aromatic carbocycles. The first-order valence-electron chi connectivity index (χ1n) is 8.93. The van der Waals surface area contributed by atoms with Gasteiger partial charge in [0.2, 0.25) is 0 Å². The predicted molar refractivity (Wildman–Crippen MR) is 116 cm³/mol. The van der Waals surface area contributed by atoms with E-state index in [9.17, 15) is 23.3 Å². The predicted octanol–water partition coefficient (Wildman–Crippen LogP) is 4.28. The number of ether oxygens (including phenoxy) is 1. The Labute approximate surface area is 188 Å². The van der Waals surface area contributed by atoms with Crippen LogP contribution in [0.1, 0.15) is 21.5 Å². The van der Waals surface area contributed by atoms with Crippen LogP contribution in [0.15, 0.2) is 71.6 Å². The SMILES string of the molecule is N#Cc1ccc(COC(=O)c2ccccc2NS(=O)(=O)c2cc([N+](=O)[O-])ccc2Cl)cc1. The molecule has 0 fully saturated rings. The molecule has 11 heteroatoms. The van der Waals surface area contributed by atoms with Crippen molar-refractivity contribution in [3.05, 3.63) is 98.6 Å². The number of nitrogens with zero attached hydrogens (tertiary/aromatic N) is 2. The van der Waals surface area contributed by atoms with Crippen molar-refractivity contribution in [2.45, 2.75) is 11.5 Å². The molecule has 3 aromatic rings. The van der Waals surface area contributed by atoms with Crippen LogP contribution in [0.4, 0.5) is 11.4 Å². The molecule has 0 aliphatic rings. The lowest BCUT2D eigenvalue weighted by Crippen LogP contribution is -2.17. The number of hydrogen-bond donors (Lipinski definition) is 1. The number of sulfonamides is 1. The van der Waals surface area contributed by atoms with Crippen LogP contribution < -0.4 is 4.72 Å². The fourth-order valence-electron chi connectivity index (χ4n) is 2.66. The van der Waals surface area contributed by atoms with E-state index < -0.39 is 31.5 Å². The average molecular weight is 472 g/mol. The molecule has 0 amide bonds. The number of anilines is 1. The van der Waals surface area contributed by atoms with Gasteiger partial charge in [-0.3, -0.25) is 14.8 Å². The number of carbonyl (C=O) groups is 1.